The van der Waals surface area contributed by atoms with Crippen molar-refractivity contribution in [3.8, 4) is 0 Å². The molecule has 0 spiro atoms. The number of hydrogen-bond acceptors (Lipinski definition) is 1. The molecule has 1 nitrogen and oxygen atoms in total. The molecule has 0 aliphatic rings. The first kappa shape index (κ1) is 13.9. The van der Waals surface area contributed by atoms with Crippen molar-refractivity contribution in [2.24, 2.45) is 0 Å². The summed E-state index contributed by atoms with van der Waals surface area (Å²) in [6, 6.07) is 5.71. The van der Waals surface area contributed by atoms with Gasteiger partial charge in [-0.2, -0.15) is 0 Å². The molecule has 1 N–H and O–H groups in total. The van der Waals surface area contributed by atoms with E-state index < -0.39 is 23.6 Å². The van der Waals surface area contributed by atoms with Crippen molar-refractivity contribution >= 4 is 11.6 Å². The molecular formula is C14H10ClF3O. The topological polar surface area (TPSA) is 20.2 Å². The monoisotopic (exact) mass is 286 g/mol. The summed E-state index contributed by atoms with van der Waals surface area (Å²) in [5.41, 5.74) is 0.632. The molecule has 0 aliphatic heterocycles. The quantitative estimate of drug-likeness (QED) is 0.822. The van der Waals surface area contributed by atoms with Crippen LogP contribution in [0.2, 0.25) is 5.02 Å². The second kappa shape index (κ2) is 5.23. The smallest absolute Gasteiger partial charge is 0.160 e. The van der Waals surface area contributed by atoms with E-state index in [0.29, 0.717) is 5.56 Å². The van der Waals surface area contributed by atoms with Crippen LogP contribution in [0.3, 0.4) is 0 Å². The maximum absolute atomic E-state index is 13.4. The molecule has 1 unspecified atom stereocenters. The van der Waals surface area contributed by atoms with Crippen molar-refractivity contribution in [1.82, 2.24) is 0 Å². The van der Waals surface area contributed by atoms with Crippen LogP contribution < -0.4 is 0 Å². The van der Waals surface area contributed by atoms with E-state index >= 15 is 0 Å². The molecule has 0 saturated carbocycles. The van der Waals surface area contributed by atoms with Gasteiger partial charge in [0, 0.05) is 10.6 Å². The highest BCUT2D eigenvalue weighted by Crippen LogP contribution is 2.30. The summed E-state index contributed by atoms with van der Waals surface area (Å²) in [6.07, 6.45) is -1.32. The standard InChI is InChI=1S/C14H10ClF3O/c1-7-2-3-8(4-11(7)16)14(19)9-5-12(17)13(18)6-10(9)15/h2-6,14,19H,1H3. The summed E-state index contributed by atoms with van der Waals surface area (Å²) in [7, 11) is 0. The summed E-state index contributed by atoms with van der Waals surface area (Å²) in [6.45, 7) is 1.58. The van der Waals surface area contributed by atoms with Gasteiger partial charge in [0.15, 0.2) is 11.6 Å². The van der Waals surface area contributed by atoms with E-state index in [4.69, 9.17) is 11.6 Å². The zero-order chi connectivity index (χ0) is 14.2. The van der Waals surface area contributed by atoms with E-state index in [1.54, 1.807) is 6.92 Å². The molecule has 0 bridgehead atoms. The number of benzene rings is 2. The van der Waals surface area contributed by atoms with Crippen molar-refractivity contribution in [2.75, 3.05) is 0 Å². The molecule has 0 heterocycles. The number of rotatable bonds is 2. The first-order valence-corrected chi connectivity index (χ1v) is 5.86. The molecular weight excluding hydrogens is 277 g/mol. The normalized spacial score (nSPS) is 12.5. The van der Waals surface area contributed by atoms with E-state index in [1.165, 1.54) is 12.1 Å². The Morgan fingerprint density at radius 3 is 2.26 bits per heavy atom. The highest BCUT2D eigenvalue weighted by Gasteiger charge is 2.18. The maximum Gasteiger partial charge on any atom is 0.160 e. The van der Waals surface area contributed by atoms with Gasteiger partial charge >= 0.3 is 0 Å². The fourth-order valence-corrected chi connectivity index (χ4v) is 1.96. The van der Waals surface area contributed by atoms with E-state index in [-0.39, 0.29) is 16.1 Å². The third kappa shape index (κ3) is 2.74. The second-order valence-corrected chi connectivity index (χ2v) is 4.61. The van der Waals surface area contributed by atoms with Crippen LogP contribution in [0.15, 0.2) is 30.3 Å². The lowest BCUT2D eigenvalue weighted by Gasteiger charge is -2.14. The van der Waals surface area contributed by atoms with Crippen molar-refractivity contribution in [1.29, 1.82) is 0 Å². The minimum Gasteiger partial charge on any atom is -0.384 e. The molecule has 0 aliphatic carbocycles. The van der Waals surface area contributed by atoms with Crippen molar-refractivity contribution in [2.45, 2.75) is 13.0 Å². The molecule has 0 radical (unpaired) electrons. The number of halogens is 4. The van der Waals surface area contributed by atoms with E-state index in [2.05, 4.69) is 0 Å². The predicted molar refractivity (Wildman–Crippen MR) is 66.6 cm³/mol. The number of hydrogen-bond donors (Lipinski definition) is 1. The lowest BCUT2D eigenvalue weighted by molar-refractivity contribution is 0.219. The van der Waals surface area contributed by atoms with E-state index in [1.807, 2.05) is 0 Å². The van der Waals surface area contributed by atoms with Crippen LogP contribution in [0.25, 0.3) is 0 Å². The summed E-state index contributed by atoms with van der Waals surface area (Å²) in [5.74, 6) is -2.71. The lowest BCUT2D eigenvalue weighted by Crippen LogP contribution is -2.03. The first-order chi connectivity index (χ1) is 8.90. The Kier molecular flexibility index (Phi) is 3.83. The van der Waals surface area contributed by atoms with Crippen molar-refractivity contribution < 1.29 is 18.3 Å². The van der Waals surface area contributed by atoms with Gasteiger partial charge in [0.25, 0.3) is 0 Å². The average Bonchev–Trinajstić information content (AvgIpc) is 2.36. The molecule has 100 valence electrons. The molecule has 0 amide bonds. The zero-order valence-electron chi connectivity index (χ0n) is 9.92. The Balaban J connectivity index is 2.46. The van der Waals surface area contributed by atoms with Crippen LogP contribution in [0.1, 0.15) is 22.8 Å². The Morgan fingerprint density at radius 1 is 1.00 bits per heavy atom. The van der Waals surface area contributed by atoms with Gasteiger partial charge in [0.1, 0.15) is 11.9 Å². The maximum atomic E-state index is 13.4. The van der Waals surface area contributed by atoms with Crippen LogP contribution >= 0.6 is 11.6 Å². The van der Waals surface area contributed by atoms with Crippen LogP contribution in [0, 0.1) is 24.4 Å². The highest BCUT2D eigenvalue weighted by molar-refractivity contribution is 6.31. The van der Waals surface area contributed by atoms with E-state index in [9.17, 15) is 18.3 Å². The number of aryl methyl sites for hydroxylation is 1. The molecule has 19 heavy (non-hydrogen) atoms. The Hall–Kier alpha value is -1.52. The van der Waals surface area contributed by atoms with Crippen LogP contribution in [-0.2, 0) is 0 Å². The van der Waals surface area contributed by atoms with E-state index in [0.717, 1.165) is 18.2 Å². The Labute approximate surface area is 113 Å². The third-order valence-corrected chi connectivity index (χ3v) is 3.17. The third-order valence-electron chi connectivity index (χ3n) is 2.85. The minimum absolute atomic E-state index is 0.0104. The van der Waals surface area contributed by atoms with Gasteiger partial charge in [-0.1, -0.05) is 23.7 Å². The zero-order valence-corrected chi connectivity index (χ0v) is 10.7. The summed E-state index contributed by atoms with van der Waals surface area (Å²) >= 11 is 5.76. The minimum atomic E-state index is -1.32. The van der Waals surface area contributed by atoms with Crippen molar-refractivity contribution in [3.63, 3.8) is 0 Å². The van der Waals surface area contributed by atoms with Gasteiger partial charge in [0.05, 0.1) is 0 Å². The summed E-state index contributed by atoms with van der Waals surface area (Å²) < 4.78 is 39.5. The highest BCUT2D eigenvalue weighted by atomic mass is 35.5. The van der Waals surface area contributed by atoms with Crippen LogP contribution in [-0.4, -0.2) is 5.11 Å². The molecule has 2 rings (SSSR count). The van der Waals surface area contributed by atoms with Crippen molar-refractivity contribution in [3.05, 3.63) is 69.5 Å². The largest absolute Gasteiger partial charge is 0.384 e. The second-order valence-electron chi connectivity index (χ2n) is 4.20. The number of aliphatic hydroxyl groups excluding tert-OH is 1. The summed E-state index contributed by atoms with van der Waals surface area (Å²) in [5, 5.41) is 9.94. The Bertz CT molecular complexity index is 628. The van der Waals surface area contributed by atoms with Gasteiger partial charge in [-0.05, 0) is 36.2 Å². The van der Waals surface area contributed by atoms with Gasteiger partial charge in [-0.15, -0.1) is 0 Å². The molecule has 2 aromatic carbocycles. The fraction of sp³-hybridized carbons (Fsp3) is 0.143. The first-order valence-electron chi connectivity index (χ1n) is 5.48. The van der Waals surface area contributed by atoms with Gasteiger partial charge in [-0.3, -0.25) is 0 Å². The fourth-order valence-electron chi connectivity index (χ4n) is 1.71. The molecule has 2 aromatic rings. The SMILES string of the molecule is Cc1ccc(C(O)c2cc(F)c(F)cc2Cl)cc1F. The molecule has 0 fully saturated rings. The lowest BCUT2D eigenvalue weighted by atomic mass is 10.00. The van der Waals surface area contributed by atoms with Gasteiger partial charge in [0.2, 0.25) is 0 Å². The van der Waals surface area contributed by atoms with Gasteiger partial charge < -0.3 is 5.11 Å². The molecule has 0 saturated heterocycles. The summed E-state index contributed by atoms with van der Waals surface area (Å²) in [4.78, 5) is 0. The predicted octanol–water partition coefficient (Wildman–Crippen LogP) is 4.15. The van der Waals surface area contributed by atoms with Gasteiger partial charge in [-0.25, -0.2) is 13.2 Å². The molecule has 1 atom stereocenters. The number of aliphatic hydroxyl groups is 1. The van der Waals surface area contributed by atoms with Crippen LogP contribution in [0.4, 0.5) is 13.2 Å². The molecule has 0 aromatic heterocycles. The Morgan fingerprint density at radius 2 is 1.63 bits per heavy atom. The average molecular weight is 287 g/mol. The molecule has 5 heteroatoms. The van der Waals surface area contributed by atoms with Crippen LogP contribution in [0.5, 0.6) is 0 Å².